The van der Waals surface area contributed by atoms with Gasteiger partial charge in [0.1, 0.15) is 5.75 Å². The van der Waals surface area contributed by atoms with E-state index < -0.39 is 0 Å². The molecule has 1 heterocycles. The summed E-state index contributed by atoms with van der Waals surface area (Å²) in [6.45, 7) is 2.56. The monoisotopic (exact) mass is 340 g/mol. The summed E-state index contributed by atoms with van der Waals surface area (Å²) >= 11 is 1.24. The van der Waals surface area contributed by atoms with E-state index in [-0.39, 0.29) is 11.5 Å². The van der Waals surface area contributed by atoms with Gasteiger partial charge in [-0.15, -0.1) is 10.2 Å². The highest BCUT2D eigenvalue weighted by atomic mass is 32.2. The number of hydrogen-bond donors (Lipinski definition) is 0. The number of nitrogens with zero attached hydrogens (tertiary/aromatic N) is 2. The molecule has 0 atom stereocenters. The van der Waals surface area contributed by atoms with Gasteiger partial charge in [-0.1, -0.05) is 42.1 Å². The number of benzene rings is 2. The predicted molar refractivity (Wildman–Crippen MR) is 92.4 cm³/mol. The Kier molecular flexibility index (Phi) is 5.28. The fourth-order valence-electron chi connectivity index (χ4n) is 2.08. The molecule has 0 radical (unpaired) electrons. The van der Waals surface area contributed by atoms with E-state index in [4.69, 9.17) is 9.15 Å². The second-order valence-corrected chi connectivity index (χ2v) is 5.83. The summed E-state index contributed by atoms with van der Waals surface area (Å²) in [7, 11) is 0. The van der Waals surface area contributed by atoms with Crippen molar-refractivity contribution in [3.63, 3.8) is 0 Å². The lowest BCUT2D eigenvalue weighted by molar-refractivity contribution is 0.102. The number of carbonyl (C=O) groups is 1. The van der Waals surface area contributed by atoms with Crippen molar-refractivity contribution in [3.8, 4) is 17.2 Å². The zero-order chi connectivity index (χ0) is 16.8. The van der Waals surface area contributed by atoms with Crippen LogP contribution in [-0.2, 0) is 0 Å². The van der Waals surface area contributed by atoms with E-state index in [0.717, 1.165) is 11.3 Å². The number of ketones is 1. The molecule has 1 aromatic heterocycles. The SMILES string of the molecule is CCOc1ccc(-c2nnc(SCC(=O)c3ccccc3)o2)cc1. The molecule has 0 unspecified atom stereocenters. The molecule has 0 amide bonds. The molecule has 6 heteroatoms. The summed E-state index contributed by atoms with van der Waals surface area (Å²) in [5.41, 5.74) is 1.49. The number of carbonyl (C=O) groups excluding carboxylic acids is 1. The van der Waals surface area contributed by atoms with Crippen LogP contribution in [0, 0.1) is 0 Å². The summed E-state index contributed by atoms with van der Waals surface area (Å²) < 4.78 is 11.0. The number of rotatable bonds is 7. The van der Waals surface area contributed by atoms with Crippen molar-refractivity contribution in [2.75, 3.05) is 12.4 Å². The Bertz CT molecular complexity index is 801. The third kappa shape index (κ3) is 4.02. The molecule has 2 aromatic carbocycles. The average Bonchev–Trinajstić information content (AvgIpc) is 3.10. The van der Waals surface area contributed by atoms with Gasteiger partial charge in [0.2, 0.25) is 5.89 Å². The van der Waals surface area contributed by atoms with E-state index in [1.54, 1.807) is 12.1 Å². The smallest absolute Gasteiger partial charge is 0.277 e. The molecular weight excluding hydrogens is 324 g/mol. The lowest BCUT2D eigenvalue weighted by atomic mass is 10.2. The van der Waals surface area contributed by atoms with Crippen LogP contribution in [-0.4, -0.2) is 28.3 Å². The van der Waals surface area contributed by atoms with Crippen LogP contribution < -0.4 is 4.74 Å². The first-order chi connectivity index (χ1) is 11.8. The molecule has 24 heavy (non-hydrogen) atoms. The number of Topliss-reactive ketones (excluding diaryl/α,β-unsaturated/α-hetero) is 1. The minimum atomic E-state index is 0.0291. The van der Waals surface area contributed by atoms with Crippen LogP contribution in [0.25, 0.3) is 11.5 Å². The van der Waals surface area contributed by atoms with Crippen LogP contribution >= 0.6 is 11.8 Å². The molecule has 122 valence electrons. The number of ether oxygens (including phenoxy) is 1. The van der Waals surface area contributed by atoms with Crippen molar-refractivity contribution < 1.29 is 13.9 Å². The van der Waals surface area contributed by atoms with E-state index in [2.05, 4.69) is 10.2 Å². The van der Waals surface area contributed by atoms with Crippen molar-refractivity contribution in [2.24, 2.45) is 0 Å². The van der Waals surface area contributed by atoms with E-state index >= 15 is 0 Å². The lowest BCUT2D eigenvalue weighted by Gasteiger charge is -2.02. The Balaban J connectivity index is 1.62. The molecule has 5 nitrogen and oxygen atoms in total. The number of aromatic nitrogens is 2. The van der Waals surface area contributed by atoms with Gasteiger partial charge in [0.05, 0.1) is 12.4 Å². The Labute approximate surface area is 144 Å². The van der Waals surface area contributed by atoms with Crippen molar-refractivity contribution in [3.05, 3.63) is 60.2 Å². The highest BCUT2D eigenvalue weighted by Gasteiger charge is 2.12. The first kappa shape index (κ1) is 16.3. The molecule has 0 aliphatic carbocycles. The second-order valence-electron chi connectivity index (χ2n) is 4.91. The Hall–Kier alpha value is -2.60. The third-order valence-corrected chi connectivity index (χ3v) is 4.06. The number of thioether (sulfide) groups is 1. The molecule has 3 aromatic rings. The molecule has 0 saturated heterocycles. The van der Waals surface area contributed by atoms with Gasteiger partial charge >= 0.3 is 0 Å². The van der Waals surface area contributed by atoms with Gasteiger partial charge in [-0.2, -0.15) is 0 Å². The van der Waals surface area contributed by atoms with Crippen molar-refractivity contribution in [1.29, 1.82) is 0 Å². The Morgan fingerprint density at radius 2 is 1.83 bits per heavy atom. The maximum Gasteiger partial charge on any atom is 0.277 e. The van der Waals surface area contributed by atoms with Crippen molar-refractivity contribution in [2.45, 2.75) is 12.1 Å². The van der Waals surface area contributed by atoms with Crippen LogP contribution in [0.2, 0.25) is 0 Å². The molecule has 3 rings (SSSR count). The first-order valence-corrected chi connectivity index (χ1v) is 8.52. The van der Waals surface area contributed by atoms with Crippen LogP contribution in [0.4, 0.5) is 0 Å². The van der Waals surface area contributed by atoms with Crippen LogP contribution in [0.15, 0.2) is 64.2 Å². The summed E-state index contributed by atoms with van der Waals surface area (Å²) in [5, 5.41) is 8.38. The average molecular weight is 340 g/mol. The van der Waals surface area contributed by atoms with Gasteiger partial charge in [0.25, 0.3) is 5.22 Å². The predicted octanol–water partition coefficient (Wildman–Crippen LogP) is 4.11. The molecule has 0 bridgehead atoms. The van der Waals surface area contributed by atoms with E-state index in [9.17, 15) is 4.79 Å². The second kappa shape index (κ2) is 7.79. The molecular formula is C18H16N2O3S. The van der Waals surface area contributed by atoms with Gasteiger partial charge in [-0.3, -0.25) is 4.79 Å². The Morgan fingerprint density at radius 1 is 1.08 bits per heavy atom. The van der Waals surface area contributed by atoms with Crippen molar-refractivity contribution in [1.82, 2.24) is 10.2 Å². The minimum absolute atomic E-state index is 0.0291. The van der Waals surface area contributed by atoms with Gasteiger partial charge < -0.3 is 9.15 Å². The van der Waals surface area contributed by atoms with Gasteiger partial charge in [-0.05, 0) is 31.2 Å². The molecule has 0 N–H and O–H groups in total. The normalized spacial score (nSPS) is 10.5. The molecule has 0 aliphatic heterocycles. The highest BCUT2D eigenvalue weighted by Crippen LogP contribution is 2.25. The van der Waals surface area contributed by atoms with E-state index in [1.165, 1.54) is 11.8 Å². The first-order valence-electron chi connectivity index (χ1n) is 7.54. The number of hydrogen-bond acceptors (Lipinski definition) is 6. The van der Waals surface area contributed by atoms with Gasteiger partial charge in [-0.25, -0.2) is 0 Å². The van der Waals surface area contributed by atoms with Crippen LogP contribution in [0.3, 0.4) is 0 Å². The summed E-state index contributed by atoms with van der Waals surface area (Å²) in [4.78, 5) is 12.1. The van der Waals surface area contributed by atoms with E-state index in [0.29, 0.717) is 23.3 Å². The Morgan fingerprint density at radius 3 is 2.54 bits per heavy atom. The van der Waals surface area contributed by atoms with Crippen molar-refractivity contribution >= 4 is 17.5 Å². The van der Waals surface area contributed by atoms with Gasteiger partial charge in [0, 0.05) is 11.1 Å². The largest absolute Gasteiger partial charge is 0.494 e. The maximum absolute atomic E-state index is 12.1. The quantitative estimate of drug-likeness (QED) is 0.476. The van der Waals surface area contributed by atoms with E-state index in [1.807, 2.05) is 49.4 Å². The molecule has 0 fully saturated rings. The zero-order valence-corrected chi connectivity index (χ0v) is 14.0. The zero-order valence-electron chi connectivity index (χ0n) is 13.1. The third-order valence-electron chi connectivity index (χ3n) is 3.24. The maximum atomic E-state index is 12.1. The minimum Gasteiger partial charge on any atom is -0.494 e. The molecule has 0 saturated carbocycles. The van der Waals surface area contributed by atoms with Gasteiger partial charge in [0.15, 0.2) is 5.78 Å². The molecule has 0 aliphatic rings. The highest BCUT2D eigenvalue weighted by molar-refractivity contribution is 7.99. The van der Waals surface area contributed by atoms with Crippen LogP contribution in [0.1, 0.15) is 17.3 Å². The fourth-order valence-corrected chi connectivity index (χ4v) is 2.74. The lowest BCUT2D eigenvalue weighted by Crippen LogP contribution is -2.01. The fraction of sp³-hybridized carbons (Fsp3) is 0.167. The summed E-state index contributed by atoms with van der Waals surface area (Å²) in [5.74, 6) is 1.51. The molecule has 0 spiro atoms. The summed E-state index contributed by atoms with van der Waals surface area (Å²) in [6.07, 6.45) is 0. The standard InChI is InChI=1S/C18H16N2O3S/c1-2-22-15-10-8-14(9-11-15)17-19-20-18(23-17)24-12-16(21)13-6-4-3-5-7-13/h3-11H,2,12H2,1H3. The summed E-state index contributed by atoms with van der Waals surface area (Å²) in [6, 6.07) is 16.6. The topological polar surface area (TPSA) is 65.2 Å². The van der Waals surface area contributed by atoms with Crippen LogP contribution in [0.5, 0.6) is 5.75 Å².